The lowest BCUT2D eigenvalue weighted by Crippen LogP contribution is -2.38. The highest BCUT2D eigenvalue weighted by atomic mass is 19.1. The molecule has 8 heteroatoms. The minimum absolute atomic E-state index is 0.0304. The molecule has 0 radical (unpaired) electrons. The molecule has 0 aromatic heterocycles. The van der Waals surface area contributed by atoms with Crippen molar-refractivity contribution in [1.29, 1.82) is 0 Å². The molecule has 110 valence electrons. The number of aliphatic hydroxyl groups is 1. The van der Waals surface area contributed by atoms with Gasteiger partial charge in [0.15, 0.2) is 0 Å². The van der Waals surface area contributed by atoms with Gasteiger partial charge in [0, 0.05) is 25.3 Å². The predicted molar refractivity (Wildman–Crippen MR) is 67.9 cm³/mol. The molecule has 1 atom stereocenters. The number of nitro groups is 1. The standard InChI is InChI=1S/C12H15FN2O5/c1-20-7-9(4-5-16)14-12(17)8-2-3-10(13)11(6-8)15(18)19/h2-3,6,9,16H,4-5,7H2,1H3,(H,14,17). The Morgan fingerprint density at radius 2 is 2.30 bits per heavy atom. The fraction of sp³-hybridized carbons (Fsp3) is 0.417. The first kappa shape index (κ1) is 16.0. The maximum Gasteiger partial charge on any atom is 0.305 e. The minimum Gasteiger partial charge on any atom is -0.396 e. The van der Waals surface area contributed by atoms with E-state index in [0.717, 1.165) is 18.2 Å². The van der Waals surface area contributed by atoms with Crippen molar-refractivity contribution in [2.75, 3.05) is 20.3 Å². The van der Waals surface area contributed by atoms with Crippen LogP contribution in [-0.2, 0) is 4.74 Å². The molecule has 1 aromatic rings. The number of methoxy groups -OCH3 is 1. The van der Waals surface area contributed by atoms with Crippen LogP contribution in [-0.4, -0.2) is 42.3 Å². The molecule has 0 bridgehead atoms. The zero-order chi connectivity index (χ0) is 15.1. The lowest BCUT2D eigenvalue weighted by molar-refractivity contribution is -0.387. The summed E-state index contributed by atoms with van der Waals surface area (Å²) < 4.78 is 18.0. The molecular formula is C12H15FN2O5. The normalized spacial score (nSPS) is 11.9. The van der Waals surface area contributed by atoms with Crippen LogP contribution in [0.15, 0.2) is 18.2 Å². The topological polar surface area (TPSA) is 102 Å². The van der Waals surface area contributed by atoms with E-state index in [9.17, 15) is 19.3 Å². The third-order valence-electron chi connectivity index (χ3n) is 2.59. The second-order valence-electron chi connectivity index (χ2n) is 4.06. The van der Waals surface area contributed by atoms with Crippen molar-refractivity contribution in [2.45, 2.75) is 12.5 Å². The van der Waals surface area contributed by atoms with Crippen molar-refractivity contribution in [2.24, 2.45) is 0 Å². The predicted octanol–water partition coefficient (Wildman–Crippen LogP) is 0.861. The first-order valence-corrected chi connectivity index (χ1v) is 5.84. The highest BCUT2D eigenvalue weighted by Crippen LogP contribution is 2.18. The number of carbonyl (C=O) groups excluding carboxylic acids is 1. The van der Waals surface area contributed by atoms with Crippen LogP contribution in [0, 0.1) is 15.9 Å². The minimum atomic E-state index is -1.00. The highest BCUT2D eigenvalue weighted by molar-refractivity contribution is 5.95. The van der Waals surface area contributed by atoms with Gasteiger partial charge in [0.1, 0.15) is 0 Å². The number of carbonyl (C=O) groups is 1. The average molecular weight is 286 g/mol. The highest BCUT2D eigenvalue weighted by Gasteiger charge is 2.19. The molecule has 1 unspecified atom stereocenters. The summed E-state index contributed by atoms with van der Waals surface area (Å²) in [6, 6.07) is 2.46. The Bertz CT molecular complexity index is 489. The van der Waals surface area contributed by atoms with Gasteiger partial charge in [-0.25, -0.2) is 0 Å². The number of nitrogens with one attached hydrogen (secondary N) is 1. The van der Waals surface area contributed by atoms with Gasteiger partial charge in [0.2, 0.25) is 5.82 Å². The van der Waals surface area contributed by atoms with E-state index < -0.39 is 28.4 Å². The summed E-state index contributed by atoms with van der Waals surface area (Å²) in [5.41, 5.74) is -0.791. The molecule has 0 fully saturated rings. The van der Waals surface area contributed by atoms with Crippen LogP contribution in [0.5, 0.6) is 0 Å². The Kier molecular flexibility index (Phi) is 6.01. The van der Waals surface area contributed by atoms with E-state index in [1.165, 1.54) is 7.11 Å². The van der Waals surface area contributed by atoms with Crippen LogP contribution >= 0.6 is 0 Å². The molecule has 1 aromatic carbocycles. The van der Waals surface area contributed by atoms with E-state index in [1.807, 2.05) is 0 Å². The lowest BCUT2D eigenvalue weighted by Gasteiger charge is -2.16. The van der Waals surface area contributed by atoms with Gasteiger partial charge in [-0.2, -0.15) is 4.39 Å². The number of nitro benzene ring substituents is 1. The number of hydrogen-bond acceptors (Lipinski definition) is 5. The molecule has 7 nitrogen and oxygen atoms in total. The van der Waals surface area contributed by atoms with Crippen molar-refractivity contribution in [3.8, 4) is 0 Å². The summed E-state index contributed by atoms with van der Waals surface area (Å²) in [5, 5.41) is 22.0. The van der Waals surface area contributed by atoms with Crippen molar-refractivity contribution in [3.05, 3.63) is 39.7 Å². The summed E-state index contributed by atoms with van der Waals surface area (Å²) in [7, 11) is 1.44. The lowest BCUT2D eigenvalue weighted by atomic mass is 10.1. The third kappa shape index (κ3) is 4.25. The number of nitrogens with zero attached hydrogens (tertiary/aromatic N) is 1. The van der Waals surface area contributed by atoms with E-state index in [2.05, 4.69) is 5.32 Å². The molecular weight excluding hydrogens is 271 g/mol. The molecule has 1 rings (SSSR count). The Balaban J connectivity index is 2.86. The van der Waals surface area contributed by atoms with E-state index in [1.54, 1.807) is 0 Å². The van der Waals surface area contributed by atoms with Gasteiger partial charge in [-0.15, -0.1) is 0 Å². The summed E-state index contributed by atoms with van der Waals surface area (Å²) >= 11 is 0. The Labute approximate surface area is 114 Å². The summed E-state index contributed by atoms with van der Waals surface area (Å²) in [4.78, 5) is 21.6. The molecule has 0 saturated carbocycles. The maximum atomic E-state index is 13.2. The van der Waals surface area contributed by atoms with Gasteiger partial charge in [0.05, 0.1) is 17.6 Å². The van der Waals surface area contributed by atoms with E-state index >= 15 is 0 Å². The molecule has 2 N–H and O–H groups in total. The zero-order valence-corrected chi connectivity index (χ0v) is 10.8. The zero-order valence-electron chi connectivity index (χ0n) is 10.8. The van der Waals surface area contributed by atoms with Gasteiger partial charge in [-0.3, -0.25) is 14.9 Å². The molecule has 0 heterocycles. The molecule has 0 aliphatic carbocycles. The third-order valence-corrected chi connectivity index (χ3v) is 2.59. The summed E-state index contributed by atoms with van der Waals surface area (Å²) in [5.74, 6) is -1.60. The average Bonchev–Trinajstić information content (AvgIpc) is 2.39. The number of halogens is 1. The van der Waals surface area contributed by atoms with E-state index in [-0.39, 0.29) is 25.2 Å². The molecule has 1 amide bonds. The maximum absolute atomic E-state index is 13.2. The Morgan fingerprint density at radius 3 is 2.85 bits per heavy atom. The molecule has 0 aliphatic rings. The van der Waals surface area contributed by atoms with Gasteiger partial charge < -0.3 is 15.2 Å². The molecule has 0 spiro atoms. The second-order valence-corrected chi connectivity index (χ2v) is 4.06. The van der Waals surface area contributed by atoms with Crippen molar-refractivity contribution >= 4 is 11.6 Å². The first-order chi connectivity index (χ1) is 9.49. The van der Waals surface area contributed by atoms with Crippen LogP contribution in [0.2, 0.25) is 0 Å². The van der Waals surface area contributed by atoms with Crippen molar-refractivity contribution < 1.29 is 24.0 Å². The monoisotopic (exact) mass is 286 g/mol. The number of ether oxygens (including phenoxy) is 1. The number of hydrogen-bond donors (Lipinski definition) is 2. The van der Waals surface area contributed by atoms with Crippen LogP contribution in [0.3, 0.4) is 0 Å². The summed E-state index contributed by atoms with van der Waals surface area (Å²) in [6.45, 7) is 0.0491. The largest absolute Gasteiger partial charge is 0.396 e. The molecule has 0 saturated heterocycles. The van der Waals surface area contributed by atoms with Gasteiger partial charge >= 0.3 is 5.69 Å². The number of amides is 1. The fourth-order valence-electron chi connectivity index (χ4n) is 1.62. The van der Waals surface area contributed by atoms with Crippen LogP contribution < -0.4 is 5.32 Å². The SMILES string of the molecule is COCC(CCO)NC(=O)c1ccc(F)c([N+](=O)[O-])c1. The van der Waals surface area contributed by atoms with Gasteiger partial charge in [-0.05, 0) is 18.6 Å². The van der Waals surface area contributed by atoms with Crippen LogP contribution in [0.4, 0.5) is 10.1 Å². The second kappa shape index (κ2) is 7.51. The molecule has 20 heavy (non-hydrogen) atoms. The number of aliphatic hydroxyl groups excluding tert-OH is 1. The van der Waals surface area contributed by atoms with E-state index in [0.29, 0.717) is 0 Å². The van der Waals surface area contributed by atoms with Gasteiger partial charge in [-0.1, -0.05) is 0 Å². The molecule has 0 aliphatic heterocycles. The number of rotatable bonds is 7. The van der Waals surface area contributed by atoms with Crippen molar-refractivity contribution in [1.82, 2.24) is 5.32 Å². The van der Waals surface area contributed by atoms with Gasteiger partial charge in [0.25, 0.3) is 5.91 Å². The van der Waals surface area contributed by atoms with Crippen LogP contribution in [0.1, 0.15) is 16.8 Å². The smallest absolute Gasteiger partial charge is 0.305 e. The van der Waals surface area contributed by atoms with Crippen molar-refractivity contribution in [3.63, 3.8) is 0 Å². The Hall–Kier alpha value is -2.06. The fourth-order valence-corrected chi connectivity index (χ4v) is 1.62. The Morgan fingerprint density at radius 1 is 1.60 bits per heavy atom. The van der Waals surface area contributed by atoms with Crippen LogP contribution in [0.25, 0.3) is 0 Å². The number of benzene rings is 1. The quantitative estimate of drug-likeness (QED) is 0.572. The summed E-state index contributed by atoms with van der Waals surface area (Å²) in [6.07, 6.45) is 0.281. The van der Waals surface area contributed by atoms with E-state index in [4.69, 9.17) is 9.84 Å². The first-order valence-electron chi connectivity index (χ1n) is 5.84.